The van der Waals surface area contributed by atoms with Gasteiger partial charge >= 0.3 is 0 Å². The summed E-state index contributed by atoms with van der Waals surface area (Å²) in [5.74, 6) is 0.863. The summed E-state index contributed by atoms with van der Waals surface area (Å²) in [6.45, 7) is 5.98. The molecule has 0 aliphatic carbocycles. The fourth-order valence-electron chi connectivity index (χ4n) is 0.830. The first-order valence-corrected chi connectivity index (χ1v) is 3.04. The molecule has 0 aromatic rings. The van der Waals surface area contributed by atoms with Gasteiger partial charge in [-0.3, -0.25) is 5.01 Å². The first kappa shape index (κ1) is 6.39. The molecule has 0 unspecified atom stereocenters. The molecule has 0 saturated carbocycles. The Labute approximate surface area is 55.7 Å². The smallest absolute Gasteiger partial charge is 0.143 e. The highest BCUT2D eigenvalue weighted by atomic mass is 15.6. The second kappa shape index (κ2) is 1.62. The molecule has 0 atom stereocenters. The maximum Gasteiger partial charge on any atom is 0.143 e. The van der Waals surface area contributed by atoms with E-state index in [9.17, 15) is 0 Å². The number of hydrogen-bond donors (Lipinski definition) is 0. The Hall–Kier alpha value is -0.730. The van der Waals surface area contributed by atoms with E-state index in [0.717, 1.165) is 5.84 Å². The van der Waals surface area contributed by atoms with Gasteiger partial charge in [0.25, 0.3) is 0 Å². The van der Waals surface area contributed by atoms with E-state index in [0.29, 0.717) is 0 Å². The van der Waals surface area contributed by atoms with Crippen molar-refractivity contribution in [2.24, 2.45) is 5.10 Å². The van der Waals surface area contributed by atoms with E-state index in [4.69, 9.17) is 0 Å². The van der Waals surface area contributed by atoms with Crippen molar-refractivity contribution in [3.05, 3.63) is 0 Å². The number of hydrogen-bond acceptors (Lipinski definition) is 2. The van der Waals surface area contributed by atoms with Crippen LogP contribution in [0.1, 0.15) is 20.8 Å². The van der Waals surface area contributed by atoms with Crippen molar-refractivity contribution in [3.8, 4) is 0 Å². The minimum Gasteiger partial charge on any atom is -0.272 e. The fraction of sp³-hybridized carbons (Fsp3) is 0.833. The van der Waals surface area contributed by atoms with Crippen molar-refractivity contribution in [2.75, 3.05) is 7.05 Å². The largest absolute Gasteiger partial charge is 0.272 e. The van der Waals surface area contributed by atoms with Crippen molar-refractivity contribution in [3.63, 3.8) is 0 Å². The SMILES string of the molecule is CC1=NN(C)C(C)(C)[N]1. The van der Waals surface area contributed by atoms with Crippen molar-refractivity contribution in [1.82, 2.24) is 10.3 Å². The van der Waals surface area contributed by atoms with Gasteiger partial charge in [0.2, 0.25) is 0 Å². The molecule has 0 amide bonds. The predicted molar refractivity (Wildman–Crippen MR) is 37.1 cm³/mol. The van der Waals surface area contributed by atoms with Crippen LogP contribution in [0.15, 0.2) is 5.10 Å². The molecule has 1 aliphatic heterocycles. The summed E-state index contributed by atoms with van der Waals surface area (Å²) in [4.78, 5) is 0. The third-order valence-corrected chi connectivity index (χ3v) is 1.52. The molecule has 0 spiro atoms. The second-order valence-corrected chi connectivity index (χ2v) is 2.78. The lowest BCUT2D eigenvalue weighted by atomic mass is 10.2. The van der Waals surface area contributed by atoms with Gasteiger partial charge in [-0.15, -0.1) is 0 Å². The summed E-state index contributed by atoms with van der Waals surface area (Å²) in [5, 5.41) is 10.3. The minimum atomic E-state index is -0.121. The van der Waals surface area contributed by atoms with Crippen LogP contribution in [0.5, 0.6) is 0 Å². The van der Waals surface area contributed by atoms with Crippen LogP contribution in [-0.4, -0.2) is 23.6 Å². The zero-order chi connectivity index (χ0) is 7.07. The van der Waals surface area contributed by atoms with Crippen LogP contribution < -0.4 is 5.32 Å². The van der Waals surface area contributed by atoms with Gasteiger partial charge in [0.1, 0.15) is 11.5 Å². The second-order valence-electron chi connectivity index (χ2n) is 2.78. The summed E-state index contributed by atoms with van der Waals surface area (Å²) in [5.41, 5.74) is -0.121. The highest BCUT2D eigenvalue weighted by Crippen LogP contribution is 2.15. The Morgan fingerprint density at radius 3 is 2.11 bits per heavy atom. The number of amidine groups is 1. The highest BCUT2D eigenvalue weighted by Gasteiger charge is 2.29. The van der Waals surface area contributed by atoms with Gasteiger partial charge in [-0.25, -0.2) is 5.32 Å². The average Bonchev–Trinajstić information content (AvgIpc) is 1.79. The van der Waals surface area contributed by atoms with E-state index in [1.54, 1.807) is 0 Å². The van der Waals surface area contributed by atoms with Crippen LogP contribution in [0.3, 0.4) is 0 Å². The Kier molecular flexibility index (Phi) is 1.15. The minimum absolute atomic E-state index is 0.121. The van der Waals surface area contributed by atoms with Crippen LogP contribution in [0, 0.1) is 0 Å². The summed E-state index contributed by atoms with van der Waals surface area (Å²) >= 11 is 0. The summed E-state index contributed by atoms with van der Waals surface area (Å²) in [6, 6.07) is 0. The van der Waals surface area contributed by atoms with Crippen molar-refractivity contribution in [2.45, 2.75) is 26.4 Å². The maximum atomic E-state index is 4.28. The summed E-state index contributed by atoms with van der Waals surface area (Å²) < 4.78 is 0. The first-order valence-electron chi connectivity index (χ1n) is 3.04. The molecule has 3 heteroatoms. The third-order valence-electron chi connectivity index (χ3n) is 1.52. The average molecular weight is 126 g/mol. The van der Waals surface area contributed by atoms with Gasteiger partial charge in [-0.05, 0) is 20.8 Å². The lowest BCUT2D eigenvalue weighted by Gasteiger charge is -2.24. The number of rotatable bonds is 0. The van der Waals surface area contributed by atoms with Gasteiger partial charge in [0, 0.05) is 7.05 Å². The monoisotopic (exact) mass is 126 g/mol. The third kappa shape index (κ3) is 0.992. The normalized spacial score (nSPS) is 23.6. The molecule has 1 radical (unpaired) electrons. The van der Waals surface area contributed by atoms with Crippen LogP contribution in [0.2, 0.25) is 0 Å². The van der Waals surface area contributed by atoms with Gasteiger partial charge in [-0.2, -0.15) is 5.10 Å². The topological polar surface area (TPSA) is 29.7 Å². The Morgan fingerprint density at radius 1 is 1.44 bits per heavy atom. The zero-order valence-electron chi connectivity index (χ0n) is 6.34. The molecule has 0 N–H and O–H groups in total. The fourth-order valence-corrected chi connectivity index (χ4v) is 0.830. The van der Waals surface area contributed by atoms with Gasteiger partial charge in [0.05, 0.1) is 0 Å². The Morgan fingerprint density at radius 2 is 2.00 bits per heavy atom. The molecule has 0 fully saturated rings. The van der Waals surface area contributed by atoms with Crippen LogP contribution >= 0.6 is 0 Å². The van der Waals surface area contributed by atoms with Crippen LogP contribution in [-0.2, 0) is 0 Å². The van der Waals surface area contributed by atoms with Crippen molar-refractivity contribution < 1.29 is 0 Å². The van der Waals surface area contributed by atoms with Crippen LogP contribution in [0.25, 0.3) is 0 Å². The molecular formula is C6H12N3. The first-order chi connectivity index (χ1) is 4.02. The maximum absolute atomic E-state index is 4.28. The number of hydrazone groups is 1. The van der Waals surface area contributed by atoms with E-state index < -0.39 is 0 Å². The molecule has 0 aromatic carbocycles. The lowest BCUT2D eigenvalue weighted by molar-refractivity contribution is 0.170. The molecule has 1 rings (SSSR count). The molecule has 0 saturated heterocycles. The zero-order valence-corrected chi connectivity index (χ0v) is 6.34. The summed E-state index contributed by atoms with van der Waals surface area (Å²) in [6.07, 6.45) is 0. The molecule has 3 nitrogen and oxygen atoms in total. The lowest BCUT2D eigenvalue weighted by Crippen LogP contribution is -2.40. The molecule has 1 heterocycles. The molecule has 9 heavy (non-hydrogen) atoms. The molecule has 0 bridgehead atoms. The van der Waals surface area contributed by atoms with Gasteiger partial charge < -0.3 is 0 Å². The quantitative estimate of drug-likeness (QED) is 0.467. The van der Waals surface area contributed by atoms with Gasteiger partial charge in [0.15, 0.2) is 0 Å². The van der Waals surface area contributed by atoms with E-state index in [2.05, 4.69) is 10.4 Å². The molecule has 51 valence electrons. The standard InChI is InChI=1S/C6H12N3/c1-5-7-6(2,3)9(4)8-5/h1-4H3. The van der Waals surface area contributed by atoms with Gasteiger partial charge in [-0.1, -0.05) is 0 Å². The Bertz CT molecular complexity index is 148. The van der Waals surface area contributed by atoms with Crippen molar-refractivity contribution in [1.29, 1.82) is 0 Å². The number of nitrogens with zero attached hydrogens (tertiary/aromatic N) is 3. The van der Waals surface area contributed by atoms with Crippen LogP contribution in [0.4, 0.5) is 0 Å². The Balaban J connectivity index is 2.71. The van der Waals surface area contributed by atoms with Crippen molar-refractivity contribution >= 4 is 5.84 Å². The van der Waals surface area contributed by atoms with E-state index in [1.807, 2.05) is 32.8 Å². The predicted octanol–water partition coefficient (Wildman–Crippen LogP) is 0.606. The highest BCUT2D eigenvalue weighted by molar-refractivity contribution is 5.80. The van der Waals surface area contributed by atoms with E-state index >= 15 is 0 Å². The molecular weight excluding hydrogens is 114 g/mol. The van der Waals surface area contributed by atoms with E-state index in [-0.39, 0.29) is 5.66 Å². The molecule has 0 aromatic heterocycles. The molecule has 1 aliphatic rings. The van der Waals surface area contributed by atoms with E-state index in [1.165, 1.54) is 0 Å². The summed E-state index contributed by atoms with van der Waals surface area (Å²) in [7, 11) is 1.93.